The Balaban J connectivity index is 1.86. The summed E-state index contributed by atoms with van der Waals surface area (Å²) in [5, 5.41) is 7.11. The van der Waals surface area contributed by atoms with Gasteiger partial charge in [0, 0.05) is 38.8 Å². The van der Waals surface area contributed by atoms with Crippen molar-refractivity contribution in [1.29, 1.82) is 0 Å². The Bertz CT molecular complexity index is 729. The highest BCUT2D eigenvalue weighted by atomic mass is 16.2. The Morgan fingerprint density at radius 3 is 2.70 bits per heavy atom. The van der Waals surface area contributed by atoms with E-state index in [4.69, 9.17) is 0 Å². The summed E-state index contributed by atoms with van der Waals surface area (Å²) in [5.41, 5.74) is 0.518. The molecule has 0 aliphatic carbocycles. The third-order valence-corrected chi connectivity index (χ3v) is 5.36. The first kappa shape index (κ1) is 19.4. The summed E-state index contributed by atoms with van der Waals surface area (Å²) >= 11 is 0. The molecule has 0 saturated carbocycles. The number of fused-ring (bicyclic) bond motifs is 1. The molecule has 3 heterocycles. The van der Waals surface area contributed by atoms with Gasteiger partial charge in [-0.3, -0.25) is 19.1 Å². The van der Waals surface area contributed by atoms with Crippen LogP contribution in [0.5, 0.6) is 0 Å². The van der Waals surface area contributed by atoms with Crippen molar-refractivity contribution in [3.05, 3.63) is 18.0 Å². The quantitative estimate of drug-likeness (QED) is 0.828. The molecule has 3 rings (SSSR count). The highest BCUT2D eigenvalue weighted by Crippen LogP contribution is 2.30. The van der Waals surface area contributed by atoms with Crippen LogP contribution in [0.1, 0.15) is 51.0 Å². The standard InChI is InChI=1S/C19H29N5O3/c1-5-24-16(6-7-20-24)18(26)23-11-15-9-14(21-13(4)25)10-22(15)19(27)17(23)8-12(2)3/h6-7,12,14-15,17H,5,8-11H2,1-4H3,(H,21,25)/t14-,15-,17-/m0/s1. The molecule has 0 bridgehead atoms. The number of aromatic nitrogens is 2. The lowest BCUT2D eigenvalue weighted by Gasteiger charge is -2.43. The number of nitrogens with one attached hydrogen (secondary N) is 1. The predicted octanol–water partition coefficient (Wildman–Crippen LogP) is 0.879. The molecule has 0 unspecified atom stereocenters. The van der Waals surface area contributed by atoms with E-state index < -0.39 is 6.04 Å². The Kier molecular flexibility index (Phi) is 5.53. The van der Waals surface area contributed by atoms with Crippen molar-refractivity contribution in [3.8, 4) is 0 Å². The number of hydrogen-bond acceptors (Lipinski definition) is 4. The fourth-order valence-electron chi connectivity index (χ4n) is 4.24. The van der Waals surface area contributed by atoms with Gasteiger partial charge in [-0.25, -0.2) is 0 Å². The molecule has 8 heteroatoms. The SMILES string of the molecule is CCn1nccc1C(=O)N1C[C@@H]2C[C@H](NC(C)=O)CN2C(=O)[C@@H]1CC(C)C. The normalized spacial score (nSPS) is 25.1. The Labute approximate surface area is 159 Å². The van der Waals surface area contributed by atoms with Crippen molar-refractivity contribution in [3.63, 3.8) is 0 Å². The highest BCUT2D eigenvalue weighted by Gasteiger charge is 2.47. The van der Waals surface area contributed by atoms with E-state index in [-0.39, 0.29) is 35.7 Å². The lowest BCUT2D eigenvalue weighted by molar-refractivity contribution is -0.142. The molecule has 2 saturated heterocycles. The maximum Gasteiger partial charge on any atom is 0.272 e. The molecule has 3 amide bonds. The van der Waals surface area contributed by atoms with Gasteiger partial charge in [-0.2, -0.15) is 5.10 Å². The second kappa shape index (κ2) is 7.70. The first-order valence-corrected chi connectivity index (χ1v) is 9.72. The molecule has 1 N–H and O–H groups in total. The average Bonchev–Trinajstić information content (AvgIpc) is 3.22. The molecule has 2 fully saturated rings. The lowest BCUT2D eigenvalue weighted by atomic mass is 9.96. The van der Waals surface area contributed by atoms with Crippen molar-refractivity contribution in [1.82, 2.24) is 24.9 Å². The molecule has 1 aromatic rings. The number of rotatable bonds is 5. The van der Waals surface area contributed by atoms with Crippen molar-refractivity contribution in [2.75, 3.05) is 13.1 Å². The highest BCUT2D eigenvalue weighted by molar-refractivity contribution is 5.97. The van der Waals surface area contributed by atoms with Crippen LogP contribution < -0.4 is 5.32 Å². The van der Waals surface area contributed by atoms with Gasteiger partial charge in [-0.05, 0) is 31.7 Å². The summed E-state index contributed by atoms with van der Waals surface area (Å²) in [5.74, 6) is 0.0427. The van der Waals surface area contributed by atoms with Gasteiger partial charge < -0.3 is 15.1 Å². The zero-order chi connectivity index (χ0) is 19.7. The average molecular weight is 375 g/mol. The number of amides is 3. The van der Waals surface area contributed by atoms with Crippen LogP contribution >= 0.6 is 0 Å². The third kappa shape index (κ3) is 3.84. The van der Waals surface area contributed by atoms with Gasteiger partial charge in [0.1, 0.15) is 11.7 Å². The Morgan fingerprint density at radius 1 is 1.33 bits per heavy atom. The summed E-state index contributed by atoms with van der Waals surface area (Å²) in [6.07, 6.45) is 2.92. The van der Waals surface area contributed by atoms with Gasteiger partial charge in [0.05, 0.1) is 6.04 Å². The van der Waals surface area contributed by atoms with Crippen LogP contribution in [0.2, 0.25) is 0 Å². The molecule has 1 aromatic heterocycles. The lowest BCUT2D eigenvalue weighted by Crippen LogP contribution is -2.61. The number of nitrogens with zero attached hydrogens (tertiary/aromatic N) is 4. The zero-order valence-electron chi connectivity index (χ0n) is 16.5. The van der Waals surface area contributed by atoms with Crippen LogP contribution in [0, 0.1) is 5.92 Å². The van der Waals surface area contributed by atoms with E-state index in [0.717, 1.165) is 0 Å². The first-order valence-electron chi connectivity index (χ1n) is 9.72. The summed E-state index contributed by atoms with van der Waals surface area (Å²) < 4.78 is 1.67. The molecule has 27 heavy (non-hydrogen) atoms. The fourth-order valence-corrected chi connectivity index (χ4v) is 4.24. The van der Waals surface area contributed by atoms with Crippen LogP contribution in [-0.2, 0) is 16.1 Å². The van der Waals surface area contributed by atoms with Gasteiger partial charge >= 0.3 is 0 Å². The second-order valence-electron chi connectivity index (χ2n) is 7.91. The minimum absolute atomic E-state index is 0.0104. The monoisotopic (exact) mass is 375 g/mol. The fraction of sp³-hybridized carbons (Fsp3) is 0.684. The van der Waals surface area contributed by atoms with Crippen molar-refractivity contribution >= 4 is 17.7 Å². The van der Waals surface area contributed by atoms with Crippen LogP contribution in [0.15, 0.2) is 12.3 Å². The molecule has 0 aromatic carbocycles. The summed E-state index contributed by atoms with van der Waals surface area (Å²) in [4.78, 5) is 41.4. The minimum Gasteiger partial charge on any atom is -0.352 e. The maximum absolute atomic E-state index is 13.3. The smallest absolute Gasteiger partial charge is 0.272 e. The molecule has 0 spiro atoms. The van der Waals surface area contributed by atoms with Crippen molar-refractivity contribution in [2.45, 2.75) is 65.2 Å². The number of hydrogen-bond donors (Lipinski definition) is 1. The van der Waals surface area contributed by atoms with Crippen LogP contribution in [0.4, 0.5) is 0 Å². The number of carbonyl (C=O) groups excluding carboxylic acids is 3. The molecular weight excluding hydrogens is 346 g/mol. The molecular formula is C19H29N5O3. The molecule has 148 valence electrons. The van der Waals surface area contributed by atoms with E-state index in [1.165, 1.54) is 6.92 Å². The number of carbonyl (C=O) groups is 3. The van der Waals surface area contributed by atoms with Gasteiger partial charge in [-0.15, -0.1) is 0 Å². The molecule has 2 aliphatic heterocycles. The van der Waals surface area contributed by atoms with E-state index in [9.17, 15) is 14.4 Å². The minimum atomic E-state index is -0.468. The summed E-state index contributed by atoms with van der Waals surface area (Å²) in [6.45, 7) is 9.16. The number of piperazine rings is 1. The van der Waals surface area contributed by atoms with Gasteiger partial charge in [-0.1, -0.05) is 13.8 Å². The topological polar surface area (TPSA) is 87.5 Å². The van der Waals surface area contributed by atoms with E-state index >= 15 is 0 Å². The maximum atomic E-state index is 13.3. The van der Waals surface area contributed by atoms with E-state index in [0.29, 0.717) is 38.2 Å². The molecule has 8 nitrogen and oxygen atoms in total. The number of aryl methyl sites for hydroxylation is 1. The van der Waals surface area contributed by atoms with E-state index in [1.807, 2.05) is 11.8 Å². The Hall–Kier alpha value is -2.38. The Morgan fingerprint density at radius 2 is 2.07 bits per heavy atom. The van der Waals surface area contributed by atoms with E-state index in [2.05, 4.69) is 24.3 Å². The van der Waals surface area contributed by atoms with Crippen LogP contribution in [0.3, 0.4) is 0 Å². The van der Waals surface area contributed by atoms with Crippen molar-refractivity contribution < 1.29 is 14.4 Å². The van der Waals surface area contributed by atoms with Crippen LogP contribution in [-0.4, -0.2) is 68.5 Å². The summed E-state index contributed by atoms with van der Waals surface area (Å²) in [6, 6.07) is 1.14. The first-order chi connectivity index (χ1) is 12.8. The second-order valence-corrected chi connectivity index (χ2v) is 7.91. The van der Waals surface area contributed by atoms with Gasteiger partial charge in [0.2, 0.25) is 11.8 Å². The summed E-state index contributed by atoms with van der Waals surface area (Å²) in [7, 11) is 0. The predicted molar refractivity (Wildman–Crippen MR) is 99.9 cm³/mol. The van der Waals surface area contributed by atoms with Gasteiger partial charge in [0.15, 0.2) is 0 Å². The van der Waals surface area contributed by atoms with Crippen molar-refractivity contribution in [2.24, 2.45) is 5.92 Å². The van der Waals surface area contributed by atoms with Gasteiger partial charge in [0.25, 0.3) is 5.91 Å². The van der Waals surface area contributed by atoms with Crippen LogP contribution in [0.25, 0.3) is 0 Å². The molecule has 3 atom stereocenters. The molecule has 2 aliphatic rings. The third-order valence-electron chi connectivity index (χ3n) is 5.36. The zero-order valence-corrected chi connectivity index (χ0v) is 16.5. The molecule has 0 radical (unpaired) electrons. The van der Waals surface area contributed by atoms with E-state index in [1.54, 1.807) is 21.8 Å². The largest absolute Gasteiger partial charge is 0.352 e.